The predicted octanol–water partition coefficient (Wildman–Crippen LogP) is 2.38. The molecule has 1 aliphatic rings. The fourth-order valence-electron chi connectivity index (χ4n) is 2.44. The maximum atomic E-state index is 12.0. The lowest BCUT2D eigenvalue weighted by atomic mass is 9.89. The fourth-order valence-corrected chi connectivity index (χ4v) is 3.24. The van der Waals surface area contributed by atoms with E-state index >= 15 is 0 Å². The van der Waals surface area contributed by atoms with E-state index in [1.807, 2.05) is 5.38 Å². The molecule has 1 aliphatic carbocycles. The quantitative estimate of drug-likeness (QED) is 0.877. The minimum absolute atomic E-state index is 0. The van der Waals surface area contributed by atoms with Crippen molar-refractivity contribution in [3.05, 3.63) is 16.1 Å². The maximum absolute atomic E-state index is 12.0. The highest BCUT2D eigenvalue weighted by Crippen LogP contribution is 2.36. The van der Waals surface area contributed by atoms with Gasteiger partial charge in [-0.25, -0.2) is 4.98 Å². The summed E-state index contributed by atoms with van der Waals surface area (Å²) in [5.74, 6) is -0.0531. The molecule has 1 heterocycles. The Balaban J connectivity index is 0.00000180. The zero-order valence-electron chi connectivity index (χ0n) is 11.3. The molecule has 1 aromatic heterocycles. The van der Waals surface area contributed by atoms with Crippen LogP contribution in [0.5, 0.6) is 0 Å². The molecule has 108 valence electrons. The predicted molar refractivity (Wildman–Crippen MR) is 81.0 cm³/mol. The average molecular weight is 304 g/mol. The normalized spacial score (nSPS) is 16.9. The number of nitrogens with two attached hydrogens (primary N) is 1. The molecular formula is C13H22ClN3OS. The first-order valence-corrected chi connectivity index (χ1v) is 7.44. The Bertz CT molecular complexity index is 416. The van der Waals surface area contributed by atoms with E-state index in [4.69, 9.17) is 5.73 Å². The average Bonchev–Trinajstić information content (AvgIpc) is 2.97. The van der Waals surface area contributed by atoms with Crippen LogP contribution < -0.4 is 11.1 Å². The number of aromatic nitrogens is 1. The zero-order valence-corrected chi connectivity index (χ0v) is 12.9. The van der Waals surface area contributed by atoms with Gasteiger partial charge in [-0.3, -0.25) is 4.79 Å². The van der Waals surface area contributed by atoms with Crippen LogP contribution in [0.4, 0.5) is 0 Å². The number of hydrogen-bond donors (Lipinski definition) is 2. The molecule has 6 heteroatoms. The molecule has 19 heavy (non-hydrogen) atoms. The first-order chi connectivity index (χ1) is 8.63. The van der Waals surface area contributed by atoms with Gasteiger partial charge < -0.3 is 11.1 Å². The van der Waals surface area contributed by atoms with Gasteiger partial charge in [0.2, 0.25) is 0 Å². The Kier molecular flexibility index (Phi) is 6.23. The summed E-state index contributed by atoms with van der Waals surface area (Å²) >= 11 is 1.51. The van der Waals surface area contributed by atoms with E-state index in [-0.39, 0.29) is 23.7 Å². The summed E-state index contributed by atoms with van der Waals surface area (Å²) < 4.78 is 0. The van der Waals surface area contributed by atoms with Crippen molar-refractivity contribution in [2.45, 2.75) is 39.0 Å². The molecule has 0 spiro atoms. The Labute approximate surface area is 124 Å². The molecule has 1 amide bonds. The standard InChI is InChI=1S/C13H21N3OS.ClH/c1-13(5-2-3-6-13)9-15-12(17)10-8-18-11(16-10)4-7-14;/h8H,2-7,9,14H2,1H3,(H,15,17);1H. The highest BCUT2D eigenvalue weighted by molar-refractivity contribution is 7.09. The topological polar surface area (TPSA) is 68.0 Å². The van der Waals surface area contributed by atoms with Crippen molar-refractivity contribution < 1.29 is 4.79 Å². The van der Waals surface area contributed by atoms with Crippen molar-refractivity contribution in [2.24, 2.45) is 11.1 Å². The molecule has 0 aliphatic heterocycles. The van der Waals surface area contributed by atoms with Gasteiger partial charge in [-0.15, -0.1) is 23.7 Å². The highest BCUT2D eigenvalue weighted by Gasteiger charge is 2.29. The number of nitrogens with zero attached hydrogens (tertiary/aromatic N) is 1. The molecule has 0 aromatic carbocycles. The van der Waals surface area contributed by atoms with E-state index in [9.17, 15) is 4.79 Å². The fraction of sp³-hybridized carbons (Fsp3) is 0.692. The van der Waals surface area contributed by atoms with Gasteiger partial charge >= 0.3 is 0 Å². The number of amides is 1. The summed E-state index contributed by atoms with van der Waals surface area (Å²) in [7, 11) is 0. The van der Waals surface area contributed by atoms with E-state index in [0.29, 0.717) is 12.2 Å². The minimum Gasteiger partial charge on any atom is -0.350 e. The largest absolute Gasteiger partial charge is 0.350 e. The van der Waals surface area contributed by atoms with Crippen LogP contribution in [0.1, 0.15) is 48.1 Å². The van der Waals surface area contributed by atoms with Crippen LogP contribution in [0.25, 0.3) is 0 Å². The van der Waals surface area contributed by atoms with Crippen molar-refractivity contribution in [2.75, 3.05) is 13.1 Å². The van der Waals surface area contributed by atoms with Gasteiger partial charge in [-0.1, -0.05) is 19.8 Å². The molecule has 1 aromatic rings. The second-order valence-corrected chi connectivity index (χ2v) is 6.31. The summed E-state index contributed by atoms with van der Waals surface area (Å²) in [5, 5.41) is 5.77. The first kappa shape index (κ1) is 16.4. The van der Waals surface area contributed by atoms with Crippen LogP contribution in [0, 0.1) is 5.41 Å². The highest BCUT2D eigenvalue weighted by atomic mass is 35.5. The number of thiazole rings is 1. The number of hydrogen-bond acceptors (Lipinski definition) is 4. The molecule has 0 radical (unpaired) electrons. The Morgan fingerprint density at radius 1 is 1.53 bits per heavy atom. The van der Waals surface area contributed by atoms with Crippen molar-refractivity contribution in [3.63, 3.8) is 0 Å². The van der Waals surface area contributed by atoms with Crippen molar-refractivity contribution in [1.29, 1.82) is 0 Å². The second-order valence-electron chi connectivity index (χ2n) is 5.37. The molecule has 0 saturated heterocycles. The minimum atomic E-state index is -0.0531. The Morgan fingerprint density at radius 2 is 2.21 bits per heavy atom. The van der Waals surface area contributed by atoms with Gasteiger partial charge in [-0.05, 0) is 24.8 Å². The SMILES string of the molecule is CC1(CNC(=O)c2csc(CCN)n2)CCCC1.Cl. The van der Waals surface area contributed by atoms with E-state index in [0.717, 1.165) is 18.0 Å². The number of rotatable bonds is 5. The summed E-state index contributed by atoms with van der Waals surface area (Å²) in [4.78, 5) is 16.3. The summed E-state index contributed by atoms with van der Waals surface area (Å²) in [5.41, 5.74) is 6.29. The molecule has 0 bridgehead atoms. The summed E-state index contributed by atoms with van der Waals surface area (Å²) in [6, 6.07) is 0. The lowest BCUT2D eigenvalue weighted by Crippen LogP contribution is -2.34. The maximum Gasteiger partial charge on any atom is 0.270 e. The molecule has 2 rings (SSSR count). The third kappa shape index (κ3) is 4.44. The van der Waals surface area contributed by atoms with Gasteiger partial charge in [0.1, 0.15) is 5.69 Å². The first-order valence-electron chi connectivity index (χ1n) is 6.56. The lowest BCUT2D eigenvalue weighted by molar-refractivity contribution is 0.0930. The van der Waals surface area contributed by atoms with E-state index in [2.05, 4.69) is 17.2 Å². The Hall–Kier alpha value is -0.650. The third-order valence-corrected chi connectivity index (χ3v) is 4.54. The number of nitrogens with one attached hydrogen (secondary N) is 1. The number of carbonyl (C=O) groups excluding carboxylic acids is 1. The Morgan fingerprint density at radius 3 is 2.84 bits per heavy atom. The van der Waals surface area contributed by atoms with Crippen molar-refractivity contribution in [1.82, 2.24) is 10.3 Å². The molecule has 0 unspecified atom stereocenters. The van der Waals surface area contributed by atoms with Crippen LogP contribution in [0.2, 0.25) is 0 Å². The summed E-state index contributed by atoms with van der Waals surface area (Å²) in [6.07, 6.45) is 5.73. The van der Waals surface area contributed by atoms with E-state index < -0.39 is 0 Å². The third-order valence-electron chi connectivity index (χ3n) is 3.63. The smallest absolute Gasteiger partial charge is 0.270 e. The second kappa shape index (κ2) is 7.22. The van der Waals surface area contributed by atoms with Crippen LogP contribution >= 0.6 is 23.7 Å². The molecule has 3 N–H and O–H groups in total. The van der Waals surface area contributed by atoms with Crippen molar-refractivity contribution >= 4 is 29.7 Å². The van der Waals surface area contributed by atoms with Gasteiger partial charge in [0, 0.05) is 18.3 Å². The van der Waals surface area contributed by atoms with E-state index in [1.165, 1.54) is 37.0 Å². The monoisotopic (exact) mass is 303 g/mol. The molecule has 4 nitrogen and oxygen atoms in total. The number of carbonyl (C=O) groups is 1. The van der Waals surface area contributed by atoms with Crippen LogP contribution in [-0.2, 0) is 6.42 Å². The van der Waals surface area contributed by atoms with E-state index in [1.54, 1.807) is 0 Å². The van der Waals surface area contributed by atoms with Gasteiger partial charge in [0.05, 0.1) is 5.01 Å². The van der Waals surface area contributed by atoms with Crippen LogP contribution in [0.3, 0.4) is 0 Å². The molecule has 1 saturated carbocycles. The molecule has 1 fully saturated rings. The lowest BCUT2D eigenvalue weighted by Gasteiger charge is -2.23. The van der Waals surface area contributed by atoms with Gasteiger partial charge in [0.15, 0.2) is 0 Å². The summed E-state index contributed by atoms with van der Waals surface area (Å²) in [6.45, 7) is 3.59. The van der Waals surface area contributed by atoms with Crippen molar-refractivity contribution in [3.8, 4) is 0 Å². The molecule has 0 atom stereocenters. The van der Waals surface area contributed by atoms with Gasteiger partial charge in [-0.2, -0.15) is 0 Å². The van der Waals surface area contributed by atoms with Crippen LogP contribution in [-0.4, -0.2) is 24.0 Å². The van der Waals surface area contributed by atoms with Gasteiger partial charge in [0.25, 0.3) is 5.91 Å². The molecular weight excluding hydrogens is 282 g/mol. The van der Waals surface area contributed by atoms with Crippen LogP contribution in [0.15, 0.2) is 5.38 Å². The zero-order chi connectivity index (χ0) is 13.0. The number of halogens is 1.